The highest BCUT2D eigenvalue weighted by atomic mass is 35.5. The zero-order valence-corrected chi connectivity index (χ0v) is 26.5. The quantitative estimate of drug-likeness (QED) is 0.248. The molecule has 3 atom stereocenters. The maximum Gasteiger partial charge on any atom is 0.234 e. The number of imide groups is 1. The zero-order valence-electron chi connectivity index (χ0n) is 21.7. The van der Waals surface area contributed by atoms with Crippen LogP contribution in [0, 0.1) is 24.2 Å². The minimum atomic E-state index is -0.201. The number of amides is 2. The summed E-state index contributed by atoms with van der Waals surface area (Å²) in [5.74, 6) is -0.426. The second-order valence-electron chi connectivity index (χ2n) is 10.5. The Morgan fingerprint density at radius 3 is 2.49 bits per heavy atom. The first-order valence-corrected chi connectivity index (χ1v) is 13.3. The van der Waals surface area contributed by atoms with E-state index in [-0.39, 0.29) is 78.7 Å². The van der Waals surface area contributed by atoms with Crippen LogP contribution in [0.3, 0.4) is 0 Å². The number of anilines is 1. The Morgan fingerprint density at radius 2 is 1.85 bits per heavy atom. The van der Waals surface area contributed by atoms with E-state index in [0.29, 0.717) is 17.7 Å². The van der Waals surface area contributed by atoms with E-state index in [2.05, 4.69) is 15.6 Å². The van der Waals surface area contributed by atoms with Crippen LogP contribution in [0.4, 0.5) is 5.69 Å². The van der Waals surface area contributed by atoms with Gasteiger partial charge in [0.05, 0.1) is 40.0 Å². The monoisotopic (exact) mass is 653 g/mol. The third kappa shape index (κ3) is 5.85. The molecule has 2 saturated heterocycles. The van der Waals surface area contributed by atoms with Crippen LogP contribution in [0.5, 0.6) is 0 Å². The lowest BCUT2D eigenvalue weighted by Gasteiger charge is -2.27. The number of nitrogens with zero attached hydrogens (tertiary/aromatic N) is 3. The SMILES string of the molecule is Cc1cc(Cl)nc(-c2ccnc3cc(CN4C(=O)C5C(C4=O)C5(C)C)sc23)c1NC1CCCNC1.Cl.Cl.Cl.Cl. The zero-order chi connectivity index (χ0) is 24.5. The number of thiophene rings is 1. The van der Waals surface area contributed by atoms with Gasteiger partial charge < -0.3 is 10.6 Å². The summed E-state index contributed by atoms with van der Waals surface area (Å²) in [5.41, 5.74) is 4.41. The van der Waals surface area contributed by atoms with E-state index in [1.54, 1.807) is 17.5 Å². The van der Waals surface area contributed by atoms with E-state index in [1.807, 2.05) is 39.0 Å². The number of likely N-dealkylation sites (tertiary alicyclic amines) is 1. The molecule has 13 heteroatoms. The van der Waals surface area contributed by atoms with Crippen LogP contribution in [0.1, 0.15) is 37.1 Å². The summed E-state index contributed by atoms with van der Waals surface area (Å²) in [5, 5.41) is 7.61. The predicted molar refractivity (Wildman–Crippen MR) is 167 cm³/mol. The van der Waals surface area contributed by atoms with Gasteiger partial charge in [0.25, 0.3) is 0 Å². The van der Waals surface area contributed by atoms with Gasteiger partial charge >= 0.3 is 0 Å². The van der Waals surface area contributed by atoms with Crippen LogP contribution in [0.15, 0.2) is 24.4 Å². The number of hydrogen-bond acceptors (Lipinski definition) is 7. The first-order chi connectivity index (χ1) is 16.8. The molecule has 214 valence electrons. The van der Waals surface area contributed by atoms with Crippen molar-refractivity contribution in [1.82, 2.24) is 20.2 Å². The molecular weight excluding hydrogens is 624 g/mol. The third-order valence-electron chi connectivity index (χ3n) is 7.75. The number of carbonyl (C=O) groups excluding carboxylic acids is 2. The van der Waals surface area contributed by atoms with E-state index in [0.717, 1.165) is 63.5 Å². The largest absolute Gasteiger partial charge is 0.379 e. The van der Waals surface area contributed by atoms with E-state index >= 15 is 0 Å². The number of rotatable bonds is 5. The lowest BCUT2D eigenvalue weighted by molar-refractivity contribution is -0.143. The van der Waals surface area contributed by atoms with Crippen LogP contribution < -0.4 is 10.6 Å². The van der Waals surface area contributed by atoms with Crippen molar-refractivity contribution < 1.29 is 9.59 Å². The summed E-state index contributed by atoms with van der Waals surface area (Å²) in [4.78, 5) is 37.4. The first-order valence-electron chi connectivity index (χ1n) is 12.1. The van der Waals surface area contributed by atoms with Crippen LogP contribution in [-0.4, -0.2) is 45.8 Å². The van der Waals surface area contributed by atoms with Gasteiger partial charge in [-0.1, -0.05) is 25.4 Å². The predicted octanol–water partition coefficient (Wildman–Crippen LogP) is 6.31. The Balaban J connectivity index is 0.00000133. The summed E-state index contributed by atoms with van der Waals surface area (Å²) >= 11 is 7.97. The topological polar surface area (TPSA) is 87.2 Å². The van der Waals surface area contributed by atoms with Gasteiger partial charge in [-0.15, -0.1) is 61.0 Å². The number of pyridine rings is 2. The number of halogens is 5. The summed E-state index contributed by atoms with van der Waals surface area (Å²) in [6.07, 6.45) is 4.01. The Morgan fingerprint density at radius 1 is 1.15 bits per heavy atom. The van der Waals surface area contributed by atoms with Gasteiger partial charge in [0, 0.05) is 29.2 Å². The second-order valence-corrected chi connectivity index (χ2v) is 12.0. The minimum absolute atomic E-state index is 0. The molecule has 3 unspecified atom stereocenters. The average Bonchev–Trinajstić information content (AvgIpc) is 3.07. The number of carbonyl (C=O) groups is 2. The van der Waals surface area contributed by atoms with Gasteiger partial charge in [-0.2, -0.15) is 0 Å². The molecule has 3 aromatic heterocycles. The number of hydrogen-bond donors (Lipinski definition) is 2. The molecule has 1 saturated carbocycles. The normalized spacial score (nSPS) is 22.7. The second kappa shape index (κ2) is 12.6. The van der Waals surface area contributed by atoms with Crippen molar-refractivity contribution >= 4 is 100 Å². The van der Waals surface area contributed by atoms with E-state index < -0.39 is 0 Å². The van der Waals surface area contributed by atoms with Crippen molar-refractivity contribution in [3.63, 3.8) is 0 Å². The summed E-state index contributed by atoms with van der Waals surface area (Å²) in [6, 6.07) is 6.16. The fourth-order valence-corrected chi connectivity index (χ4v) is 7.12. The van der Waals surface area contributed by atoms with Gasteiger partial charge in [-0.3, -0.25) is 19.5 Å². The minimum Gasteiger partial charge on any atom is -0.379 e. The van der Waals surface area contributed by atoms with Crippen LogP contribution in [0.25, 0.3) is 21.5 Å². The molecule has 7 nitrogen and oxygen atoms in total. The molecule has 3 aliphatic rings. The lowest BCUT2D eigenvalue weighted by Crippen LogP contribution is -2.38. The van der Waals surface area contributed by atoms with E-state index in [9.17, 15) is 9.59 Å². The molecule has 3 aromatic rings. The molecule has 6 rings (SSSR count). The molecule has 2 amide bonds. The van der Waals surface area contributed by atoms with Crippen molar-refractivity contribution in [2.75, 3.05) is 18.4 Å². The molecule has 0 spiro atoms. The summed E-state index contributed by atoms with van der Waals surface area (Å²) < 4.78 is 0.978. The van der Waals surface area contributed by atoms with Crippen molar-refractivity contribution in [2.45, 2.75) is 46.2 Å². The molecule has 0 bridgehead atoms. The van der Waals surface area contributed by atoms with Gasteiger partial charge in [0.15, 0.2) is 0 Å². The van der Waals surface area contributed by atoms with Crippen LogP contribution in [-0.2, 0) is 16.1 Å². The summed E-state index contributed by atoms with van der Waals surface area (Å²) in [7, 11) is 0. The van der Waals surface area contributed by atoms with Crippen molar-refractivity contribution in [3.8, 4) is 11.3 Å². The standard InChI is InChI=1S/C26H28ClN5O2S.4ClH/c1-13-9-18(27)31-22(21(13)30-14-5-4-7-28-11-14)16-6-8-29-17-10-15(35-23(16)17)12-32-24(33)19-20(25(32)34)26(19,2)3;;;;/h6,8-10,14,19-20,28,30H,4-5,7,11-12H2,1-3H3;4*1H. The van der Waals surface area contributed by atoms with Crippen molar-refractivity contribution in [3.05, 3.63) is 40.0 Å². The number of fused-ring (bicyclic) bond motifs is 2. The van der Waals surface area contributed by atoms with Gasteiger partial charge in [0.1, 0.15) is 5.15 Å². The van der Waals surface area contributed by atoms with Gasteiger partial charge in [-0.05, 0) is 55.5 Å². The van der Waals surface area contributed by atoms with Gasteiger partial charge in [0.2, 0.25) is 11.8 Å². The number of aryl methyl sites for hydroxylation is 1. The highest BCUT2D eigenvalue weighted by Crippen LogP contribution is 2.63. The fraction of sp³-hybridized carbons (Fsp3) is 0.462. The fourth-order valence-electron chi connectivity index (χ4n) is 5.76. The molecule has 39 heavy (non-hydrogen) atoms. The van der Waals surface area contributed by atoms with E-state index in [1.165, 1.54) is 4.90 Å². The molecule has 1 aliphatic carbocycles. The lowest BCUT2D eigenvalue weighted by atomic mass is 10.0. The van der Waals surface area contributed by atoms with Crippen molar-refractivity contribution in [2.24, 2.45) is 17.3 Å². The van der Waals surface area contributed by atoms with E-state index in [4.69, 9.17) is 16.6 Å². The maximum atomic E-state index is 12.8. The van der Waals surface area contributed by atoms with Gasteiger partial charge in [-0.25, -0.2) is 4.98 Å². The molecule has 5 heterocycles. The number of nitrogens with one attached hydrogen (secondary N) is 2. The number of piperidine rings is 2. The maximum absolute atomic E-state index is 12.8. The Hall–Kier alpha value is -1.39. The van der Waals surface area contributed by atoms with Crippen LogP contribution >= 0.6 is 72.6 Å². The third-order valence-corrected chi connectivity index (χ3v) is 9.09. The first kappa shape index (κ1) is 33.8. The molecule has 2 N–H and O–H groups in total. The summed E-state index contributed by atoms with van der Waals surface area (Å²) in [6.45, 7) is 8.30. The molecule has 0 aromatic carbocycles. The molecule has 3 fully saturated rings. The smallest absolute Gasteiger partial charge is 0.234 e. The van der Waals surface area contributed by atoms with Crippen LogP contribution in [0.2, 0.25) is 5.15 Å². The molecular formula is C26H32Cl5N5O2S. The molecule has 2 aliphatic heterocycles. The van der Waals surface area contributed by atoms with Crippen molar-refractivity contribution in [1.29, 1.82) is 0 Å². The highest BCUT2D eigenvalue weighted by molar-refractivity contribution is 7.19. The Labute approximate surface area is 261 Å². The highest BCUT2D eigenvalue weighted by Gasteiger charge is 2.72. The number of aromatic nitrogens is 2. The Bertz CT molecular complexity index is 1350. The average molecular weight is 656 g/mol. The Kier molecular flexibility index (Phi) is 11.0. The molecule has 0 radical (unpaired) electrons.